The van der Waals surface area contributed by atoms with E-state index in [2.05, 4.69) is 34.1 Å². The third-order valence-corrected chi connectivity index (χ3v) is 5.13. The van der Waals surface area contributed by atoms with Crippen molar-refractivity contribution >= 4 is 0 Å². The van der Waals surface area contributed by atoms with E-state index in [1.165, 1.54) is 50.1 Å². The molecule has 3 heteroatoms. The van der Waals surface area contributed by atoms with Gasteiger partial charge in [0.05, 0.1) is 5.60 Å². The topological polar surface area (TPSA) is 26.7 Å². The highest BCUT2D eigenvalue weighted by atomic mass is 16.3. The van der Waals surface area contributed by atoms with Gasteiger partial charge in [-0.25, -0.2) is 0 Å². The molecule has 0 aromatic heterocycles. The fraction of sp³-hybridized carbons (Fsp3) is 0.684. The second kappa shape index (κ2) is 6.69. The van der Waals surface area contributed by atoms with E-state index >= 15 is 0 Å². The Bertz CT molecular complexity index is 477. The quantitative estimate of drug-likeness (QED) is 0.906. The summed E-state index contributed by atoms with van der Waals surface area (Å²) in [5, 5.41) is 9.81. The van der Waals surface area contributed by atoms with Gasteiger partial charge in [-0.15, -0.1) is 0 Å². The number of piperazine rings is 1. The molecular weight excluding hydrogens is 272 g/mol. The van der Waals surface area contributed by atoms with Gasteiger partial charge in [-0.05, 0) is 57.2 Å². The molecule has 2 aliphatic rings. The third kappa shape index (κ3) is 4.31. The van der Waals surface area contributed by atoms with E-state index in [9.17, 15) is 5.11 Å². The van der Waals surface area contributed by atoms with Crippen LogP contribution in [0.15, 0.2) is 24.3 Å². The van der Waals surface area contributed by atoms with Crippen molar-refractivity contribution in [1.82, 2.24) is 9.80 Å². The number of fused-ring (bicyclic) bond motifs is 1. The van der Waals surface area contributed by atoms with E-state index in [1.54, 1.807) is 0 Å². The van der Waals surface area contributed by atoms with E-state index < -0.39 is 5.60 Å². The number of aryl methyl sites for hydroxylation is 1. The van der Waals surface area contributed by atoms with Gasteiger partial charge < -0.3 is 5.11 Å². The summed E-state index contributed by atoms with van der Waals surface area (Å²) < 4.78 is 0. The SMILES string of the molecule is CC(C)(O)CCc1ccc(CN2CCN3CCCC3C2)cc1. The lowest BCUT2D eigenvalue weighted by Gasteiger charge is -2.37. The van der Waals surface area contributed by atoms with Crippen LogP contribution >= 0.6 is 0 Å². The van der Waals surface area contributed by atoms with E-state index in [0.29, 0.717) is 0 Å². The number of hydrogen-bond donors (Lipinski definition) is 1. The van der Waals surface area contributed by atoms with E-state index in [1.807, 2.05) is 13.8 Å². The Morgan fingerprint density at radius 3 is 2.55 bits per heavy atom. The molecule has 2 saturated heterocycles. The lowest BCUT2D eigenvalue weighted by atomic mass is 9.98. The Labute approximate surface area is 134 Å². The molecule has 0 amide bonds. The highest BCUT2D eigenvalue weighted by Gasteiger charge is 2.30. The van der Waals surface area contributed by atoms with Crippen molar-refractivity contribution in [2.75, 3.05) is 26.2 Å². The molecule has 0 spiro atoms. The molecule has 1 aromatic rings. The Kier molecular flexibility index (Phi) is 4.86. The van der Waals surface area contributed by atoms with Gasteiger partial charge in [0, 0.05) is 32.2 Å². The first-order chi connectivity index (χ1) is 10.5. The first kappa shape index (κ1) is 16.0. The van der Waals surface area contributed by atoms with Crippen LogP contribution in [-0.4, -0.2) is 52.7 Å². The standard InChI is InChI=1S/C19H30N2O/c1-19(2,22)10-9-16-5-7-17(8-6-16)14-20-12-13-21-11-3-4-18(21)15-20/h5-8,18,22H,3-4,9-15H2,1-2H3. The van der Waals surface area contributed by atoms with Crippen LogP contribution in [0.2, 0.25) is 0 Å². The zero-order valence-corrected chi connectivity index (χ0v) is 14.1. The summed E-state index contributed by atoms with van der Waals surface area (Å²) in [7, 11) is 0. The average molecular weight is 302 g/mol. The third-order valence-electron chi connectivity index (χ3n) is 5.13. The molecule has 1 aromatic carbocycles. The van der Waals surface area contributed by atoms with Gasteiger partial charge in [-0.2, -0.15) is 0 Å². The zero-order valence-electron chi connectivity index (χ0n) is 14.1. The van der Waals surface area contributed by atoms with Crippen LogP contribution < -0.4 is 0 Å². The number of benzene rings is 1. The molecule has 122 valence electrons. The van der Waals surface area contributed by atoms with Gasteiger partial charge in [-0.1, -0.05) is 24.3 Å². The number of nitrogens with zero attached hydrogens (tertiary/aromatic N) is 2. The van der Waals surface area contributed by atoms with Crippen LogP contribution in [0.3, 0.4) is 0 Å². The maximum Gasteiger partial charge on any atom is 0.0594 e. The monoisotopic (exact) mass is 302 g/mol. The van der Waals surface area contributed by atoms with Crippen molar-refractivity contribution in [1.29, 1.82) is 0 Å². The van der Waals surface area contributed by atoms with Crippen molar-refractivity contribution in [3.8, 4) is 0 Å². The summed E-state index contributed by atoms with van der Waals surface area (Å²) >= 11 is 0. The van der Waals surface area contributed by atoms with Gasteiger partial charge >= 0.3 is 0 Å². The largest absolute Gasteiger partial charge is 0.390 e. The number of aliphatic hydroxyl groups is 1. The van der Waals surface area contributed by atoms with Crippen molar-refractivity contribution in [3.63, 3.8) is 0 Å². The Hall–Kier alpha value is -0.900. The van der Waals surface area contributed by atoms with Gasteiger partial charge in [0.2, 0.25) is 0 Å². The second-order valence-electron chi connectivity index (χ2n) is 7.70. The molecule has 2 heterocycles. The van der Waals surface area contributed by atoms with E-state index in [4.69, 9.17) is 0 Å². The minimum absolute atomic E-state index is 0.570. The summed E-state index contributed by atoms with van der Waals surface area (Å²) in [5.74, 6) is 0. The molecule has 0 bridgehead atoms. The number of rotatable bonds is 5. The van der Waals surface area contributed by atoms with Crippen molar-refractivity contribution in [3.05, 3.63) is 35.4 Å². The fourth-order valence-corrected chi connectivity index (χ4v) is 3.72. The molecule has 2 fully saturated rings. The maximum atomic E-state index is 9.81. The molecule has 0 aliphatic carbocycles. The van der Waals surface area contributed by atoms with Crippen LogP contribution in [0.1, 0.15) is 44.2 Å². The molecule has 22 heavy (non-hydrogen) atoms. The molecule has 3 rings (SSSR count). The predicted octanol–water partition coefficient (Wildman–Crippen LogP) is 2.67. The Morgan fingerprint density at radius 2 is 1.82 bits per heavy atom. The summed E-state index contributed by atoms with van der Waals surface area (Å²) in [5.41, 5.74) is 2.17. The summed E-state index contributed by atoms with van der Waals surface area (Å²) in [6.45, 7) is 9.84. The first-order valence-corrected chi connectivity index (χ1v) is 8.76. The van der Waals surface area contributed by atoms with Gasteiger partial charge in [0.25, 0.3) is 0 Å². The van der Waals surface area contributed by atoms with Gasteiger partial charge in [0.15, 0.2) is 0 Å². The molecule has 0 radical (unpaired) electrons. The smallest absolute Gasteiger partial charge is 0.0594 e. The minimum atomic E-state index is -0.570. The highest BCUT2D eigenvalue weighted by Crippen LogP contribution is 2.22. The van der Waals surface area contributed by atoms with Crippen molar-refractivity contribution in [2.45, 2.75) is 57.7 Å². The highest BCUT2D eigenvalue weighted by molar-refractivity contribution is 5.23. The summed E-state index contributed by atoms with van der Waals surface area (Å²) in [4.78, 5) is 5.27. The first-order valence-electron chi connectivity index (χ1n) is 8.76. The summed E-state index contributed by atoms with van der Waals surface area (Å²) in [6.07, 6.45) is 4.53. The predicted molar refractivity (Wildman–Crippen MR) is 90.9 cm³/mol. The normalized spacial score (nSPS) is 23.7. The van der Waals surface area contributed by atoms with E-state index in [0.717, 1.165) is 25.4 Å². The lowest BCUT2D eigenvalue weighted by Crippen LogP contribution is -2.49. The van der Waals surface area contributed by atoms with Crippen molar-refractivity contribution < 1.29 is 5.11 Å². The molecule has 1 unspecified atom stereocenters. The fourth-order valence-electron chi connectivity index (χ4n) is 3.72. The minimum Gasteiger partial charge on any atom is -0.390 e. The van der Waals surface area contributed by atoms with Gasteiger partial charge in [0.1, 0.15) is 0 Å². The molecule has 1 N–H and O–H groups in total. The number of hydrogen-bond acceptors (Lipinski definition) is 3. The molecular formula is C19H30N2O. The zero-order chi connectivity index (χ0) is 15.6. The lowest BCUT2D eigenvalue weighted by molar-refractivity contribution is 0.0714. The molecule has 0 saturated carbocycles. The van der Waals surface area contributed by atoms with Crippen molar-refractivity contribution in [2.24, 2.45) is 0 Å². The average Bonchev–Trinajstić information content (AvgIpc) is 2.93. The second-order valence-corrected chi connectivity index (χ2v) is 7.70. The van der Waals surface area contributed by atoms with Crippen LogP contribution in [-0.2, 0) is 13.0 Å². The molecule has 1 atom stereocenters. The van der Waals surface area contributed by atoms with Crippen LogP contribution in [0.5, 0.6) is 0 Å². The Balaban J connectivity index is 1.50. The van der Waals surface area contributed by atoms with Gasteiger partial charge in [-0.3, -0.25) is 9.80 Å². The molecule has 3 nitrogen and oxygen atoms in total. The summed E-state index contributed by atoms with van der Waals surface area (Å²) in [6, 6.07) is 9.79. The van der Waals surface area contributed by atoms with E-state index in [-0.39, 0.29) is 0 Å². The van der Waals surface area contributed by atoms with Crippen LogP contribution in [0, 0.1) is 0 Å². The Morgan fingerprint density at radius 1 is 1.09 bits per heavy atom. The van der Waals surface area contributed by atoms with Crippen LogP contribution in [0.4, 0.5) is 0 Å². The van der Waals surface area contributed by atoms with Crippen LogP contribution in [0.25, 0.3) is 0 Å². The molecule has 2 aliphatic heterocycles. The maximum absolute atomic E-state index is 9.81.